The van der Waals surface area contributed by atoms with Crippen LogP contribution in [0.15, 0.2) is 78.9 Å². The van der Waals surface area contributed by atoms with Gasteiger partial charge in [-0.2, -0.15) is 0 Å². The first-order valence-corrected chi connectivity index (χ1v) is 12.1. The van der Waals surface area contributed by atoms with Gasteiger partial charge in [-0.15, -0.1) is 0 Å². The molecule has 0 saturated heterocycles. The molecule has 7 heteroatoms. The minimum Gasteiger partial charge on any atom is -0.481 e. The van der Waals surface area contributed by atoms with Gasteiger partial charge in [-0.25, -0.2) is 8.42 Å². The quantitative estimate of drug-likeness (QED) is 0.559. The molecule has 0 saturated carbocycles. The Labute approximate surface area is 189 Å². The van der Waals surface area contributed by atoms with Gasteiger partial charge in [-0.1, -0.05) is 60.2 Å². The molecule has 0 aliphatic carbocycles. The summed E-state index contributed by atoms with van der Waals surface area (Å²) in [6, 6.07) is 24.1. The standard InChI is InChI=1S/C25H28N2O4S/c1-18-9-8-12-21(17-18)24(20-10-6-5-7-11-20)26-25(28)19(2)31-23-15-13-22(14-16-23)27(3)32(4,29)30/h5-17,19,24H,1-4H3,(H,26,28)/t19-,24+/m0/s1. The summed E-state index contributed by atoms with van der Waals surface area (Å²) in [5.74, 6) is 0.225. The van der Waals surface area contributed by atoms with E-state index in [-0.39, 0.29) is 11.9 Å². The number of amides is 1. The molecule has 3 rings (SSSR count). The highest BCUT2D eigenvalue weighted by atomic mass is 32.2. The minimum atomic E-state index is -3.35. The van der Waals surface area contributed by atoms with Crippen LogP contribution in [0.25, 0.3) is 0 Å². The van der Waals surface area contributed by atoms with E-state index in [4.69, 9.17) is 4.74 Å². The third kappa shape index (κ3) is 5.88. The fourth-order valence-corrected chi connectivity index (χ4v) is 3.80. The molecular weight excluding hydrogens is 424 g/mol. The van der Waals surface area contributed by atoms with Gasteiger partial charge in [-0.3, -0.25) is 9.10 Å². The van der Waals surface area contributed by atoms with Crippen LogP contribution in [0.2, 0.25) is 0 Å². The molecule has 1 N–H and O–H groups in total. The molecule has 0 aliphatic rings. The third-order valence-electron chi connectivity index (χ3n) is 5.17. The monoisotopic (exact) mass is 452 g/mol. The molecule has 0 heterocycles. The Morgan fingerprint density at radius 1 is 0.938 bits per heavy atom. The van der Waals surface area contributed by atoms with Crippen LogP contribution in [0.4, 0.5) is 5.69 Å². The summed E-state index contributed by atoms with van der Waals surface area (Å²) in [6.07, 6.45) is 0.394. The van der Waals surface area contributed by atoms with E-state index in [2.05, 4.69) is 11.4 Å². The number of rotatable bonds is 8. The second kappa shape index (κ2) is 9.87. The zero-order valence-electron chi connectivity index (χ0n) is 18.6. The van der Waals surface area contributed by atoms with Crippen LogP contribution >= 0.6 is 0 Å². The Balaban J connectivity index is 1.74. The van der Waals surface area contributed by atoms with Crippen molar-refractivity contribution in [1.29, 1.82) is 0 Å². The SMILES string of the molecule is Cc1cccc([C@H](NC(=O)[C@H](C)Oc2ccc(N(C)S(C)(=O)=O)cc2)c2ccccc2)c1. The number of nitrogens with zero attached hydrogens (tertiary/aromatic N) is 1. The summed E-state index contributed by atoms with van der Waals surface area (Å²) < 4.78 is 30.4. The number of ether oxygens (including phenoxy) is 1. The Bertz CT molecular complexity index is 1160. The van der Waals surface area contributed by atoms with E-state index in [1.54, 1.807) is 31.2 Å². The molecule has 0 unspecified atom stereocenters. The van der Waals surface area contributed by atoms with Crippen molar-refractivity contribution in [1.82, 2.24) is 5.32 Å². The van der Waals surface area contributed by atoms with E-state index in [9.17, 15) is 13.2 Å². The smallest absolute Gasteiger partial charge is 0.261 e. The van der Waals surface area contributed by atoms with Gasteiger partial charge in [-0.05, 0) is 49.2 Å². The van der Waals surface area contributed by atoms with Crippen molar-refractivity contribution in [3.05, 3.63) is 95.6 Å². The number of benzene rings is 3. The number of anilines is 1. The summed E-state index contributed by atoms with van der Waals surface area (Å²) in [5.41, 5.74) is 3.60. The molecule has 1 amide bonds. The van der Waals surface area contributed by atoms with Crippen LogP contribution in [0.3, 0.4) is 0 Å². The first kappa shape index (κ1) is 23.3. The predicted molar refractivity (Wildman–Crippen MR) is 127 cm³/mol. The lowest BCUT2D eigenvalue weighted by molar-refractivity contribution is -0.127. The van der Waals surface area contributed by atoms with Crippen molar-refractivity contribution in [2.45, 2.75) is 26.0 Å². The average molecular weight is 453 g/mol. The molecule has 3 aromatic rings. The Morgan fingerprint density at radius 2 is 1.56 bits per heavy atom. The second-order valence-electron chi connectivity index (χ2n) is 7.75. The maximum absolute atomic E-state index is 13.0. The molecule has 0 spiro atoms. The molecule has 0 radical (unpaired) electrons. The molecular formula is C25H28N2O4S. The fourth-order valence-electron chi connectivity index (χ4n) is 3.30. The summed E-state index contributed by atoms with van der Waals surface area (Å²) in [4.78, 5) is 13.0. The van der Waals surface area contributed by atoms with E-state index in [1.807, 2.05) is 55.5 Å². The average Bonchev–Trinajstić information content (AvgIpc) is 2.77. The molecule has 32 heavy (non-hydrogen) atoms. The van der Waals surface area contributed by atoms with Gasteiger partial charge in [0.25, 0.3) is 5.91 Å². The summed E-state index contributed by atoms with van der Waals surface area (Å²) in [6.45, 7) is 3.70. The number of carbonyl (C=O) groups is 1. The zero-order valence-corrected chi connectivity index (χ0v) is 19.5. The largest absolute Gasteiger partial charge is 0.481 e. The van der Waals surface area contributed by atoms with Gasteiger partial charge >= 0.3 is 0 Å². The van der Waals surface area contributed by atoms with Crippen molar-refractivity contribution in [2.24, 2.45) is 0 Å². The minimum absolute atomic E-state index is 0.252. The Kier molecular flexibility index (Phi) is 7.20. The first-order chi connectivity index (χ1) is 15.1. The van der Waals surface area contributed by atoms with Crippen molar-refractivity contribution in [3.8, 4) is 5.75 Å². The van der Waals surface area contributed by atoms with E-state index >= 15 is 0 Å². The molecule has 0 aromatic heterocycles. The van der Waals surface area contributed by atoms with Crippen LogP contribution in [0.5, 0.6) is 5.75 Å². The normalized spacial score (nSPS) is 13.1. The van der Waals surface area contributed by atoms with Gasteiger partial charge in [0.2, 0.25) is 10.0 Å². The Morgan fingerprint density at radius 3 is 2.16 bits per heavy atom. The first-order valence-electron chi connectivity index (χ1n) is 10.3. The number of aryl methyl sites for hydroxylation is 1. The second-order valence-corrected chi connectivity index (χ2v) is 9.76. The van der Waals surface area contributed by atoms with Gasteiger partial charge in [0.15, 0.2) is 6.10 Å². The molecule has 0 bridgehead atoms. The van der Waals surface area contributed by atoms with Crippen LogP contribution in [-0.2, 0) is 14.8 Å². The summed E-state index contributed by atoms with van der Waals surface area (Å²) >= 11 is 0. The predicted octanol–water partition coefficient (Wildman–Crippen LogP) is 4.06. The lowest BCUT2D eigenvalue weighted by Crippen LogP contribution is -2.39. The zero-order chi connectivity index (χ0) is 23.3. The molecule has 0 aliphatic heterocycles. The van der Waals surface area contributed by atoms with Crippen molar-refractivity contribution in [2.75, 3.05) is 17.6 Å². The van der Waals surface area contributed by atoms with E-state index in [0.29, 0.717) is 11.4 Å². The van der Waals surface area contributed by atoms with Crippen LogP contribution in [0.1, 0.15) is 29.7 Å². The molecule has 2 atom stereocenters. The van der Waals surface area contributed by atoms with Gasteiger partial charge < -0.3 is 10.1 Å². The third-order valence-corrected chi connectivity index (χ3v) is 6.38. The van der Waals surface area contributed by atoms with E-state index in [0.717, 1.165) is 22.9 Å². The highest BCUT2D eigenvalue weighted by Crippen LogP contribution is 2.24. The number of carbonyl (C=O) groups excluding carboxylic acids is 1. The van der Waals surface area contributed by atoms with E-state index < -0.39 is 16.1 Å². The van der Waals surface area contributed by atoms with Crippen LogP contribution in [0, 0.1) is 6.92 Å². The van der Waals surface area contributed by atoms with Gasteiger partial charge in [0.05, 0.1) is 18.0 Å². The van der Waals surface area contributed by atoms with Crippen LogP contribution < -0.4 is 14.4 Å². The number of hydrogen-bond acceptors (Lipinski definition) is 4. The van der Waals surface area contributed by atoms with Crippen molar-refractivity contribution < 1.29 is 17.9 Å². The number of nitrogens with one attached hydrogen (secondary N) is 1. The molecule has 3 aromatic carbocycles. The molecule has 0 fully saturated rings. The molecule has 168 valence electrons. The Hall–Kier alpha value is -3.32. The topological polar surface area (TPSA) is 75.7 Å². The maximum Gasteiger partial charge on any atom is 0.261 e. The fraction of sp³-hybridized carbons (Fsp3) is 0.240. The molecule has 6 nitrogen and oxygen atoms in total. The van der Waals surface area contributed by atoms with Crippen molar-refractivity contribution in [3.63, 3.8) is 0 Å². The number of sulfonamides is 1. The van der Waals surface area contributed by atoms with Crippen molar-refractivity contribution >= 4 is 21.6 Å². The summed E-state index contributed by atoms with van der Waals surface area (Å²) in [7, 11) is -1.86. The summed E-state index contributed by atoms with van der Waals surface area (Å²) in [5, 5.41) is 3.09. The van der Waals surface area contributed by atoms with Gasteiger partial charge in [0.1, 0.15) is 5.75 Å². The highest BCUT2D eigenvalue weighted by molar-refractivity contribution is 7.92. The highest BCUT2D eigenvalue weighted by Gasteiger charge is 2.22. The lowest BCUT2D eigenvalue weighted by atomic mass is 9.97. The lowest BCUT2D eigenvalue weighted by Gasteiger charge is -2.23. The van der Waals surface area contributed by atoms with Crippen LogP contribution in [-0.4, -0.2) is 33.7 Å². The maximum atomic E-state index is 13.0. The van der Waals surface area contributed by atoms with E-state index in [1.165, 1.54) is 11.4 Å². The number of hydrogen-bond donors (Lipinski definition) is 1. The van der Waals surface area contributed by atoms with Gasteiger partial charge in [0, 0.05) is 7.05 Å².